The molecule has 1 rings (SSSR count). The Hall–Kier alpha value is -1.39. The molecule has 0 radical (unpaired) electrons. The number of hydrogen-bond acceptors (Lipinski definition) is 3. The molecule has 1 unspecified atom stereocenters. The van der Waals surface area contributed by atoms with Crippen LogP contribution in [0.15, 0.2) is 12.7 Å². The van der Waals surface area contributed by atoms with Gasteiger partial charge in [-0.25, -0.2) is 4.98 Å². The first-order valence-electron chi connectivity index (χ1n) is 6.85. The summed E-state index contributed by atoms with van der Waals surface area (Å²) >= 11 is 0. The molecule has 0 aliphatic heterocycles. The van der Waals surface area contributed by atoms with Gasteiger partial charge < -0.3 is 5.32 Å². The minimum absolute atomic E-state index is 0.0976. The molecule has 1 aromatic heterocycles. The highest BCUT2D eigenvalue weighted by molar-refractivity contribution is 5.75. The van der Waals surface area contributed by atoms with Crippen molar-refractivity contribution in [2.45, 2.75) is 52.5 Å². The Labute approximate surface area is 109 Å². The van der Waals surface area contributed by atoms with Gasteiger partial charge in [-0.05, 0) is 12.3 Å². The van der Waals surface area contributed by atoms with Crippen LogP contribution in [0.3, 0.4) is 0 Å². The Morgan fingerprint density at radius 3 is 2.89 bits per heavy atom. The molecule has 18 heavy (non-hydrogen) atoms. The number of amides is 1. The van der Waals surface area contributed by atoms with Gasteiger partial charge in [0.05, 0.1) is 6.54 Å². The Balaban J connectivity index is 2.15. The minimum atomic E-state index is 0.0976. The average Bonchev–Trinajstić information content (AvgIpc) is 2.89. The number of carbonyl (C=O) groups excluding carboxylic acids is 1. The molecule has 0 aromatic carbocycles. The molecule has 1 aromatic rings. The van der Waals surface area contributed by atoms with Gasteiger partial charge in [-0.2, -0.15) is 5.10 Å². The number of aromatic nitrogens is 3. The minimum Gasteiger partial charge on any atom is -0.356 e. The standard InChI is InChI=1S/C13H24N4O/c1-3-5-6-12(4-2)9-15-13(18)7-8-17-11-14-10-16-17/h10-12H,3-9H2,1-2H3,(H,15,18). The van der Waals surface area contributed by atoms with Crippen molar-refractivity contribution in [2.75, 3.05) is 6.54 Å². The number of nitrogens with one attached hydrogen (secondary N) is 1. The third-order valence-electron chi connectivity index (χ3n) is 3.17. The fourth-order valence-corrected chi connectivity index (χ4v) is 1.85. The fraction of sp³-hybridized carbons (Fsp3) is 0.769. The molecule has 5 nitrogen and oxygen atoms in total. The molecule has 1 atom stereocenters. The molecular weight excluding hydrogens is 228 g/mol. The lowest BCUT2D eigenvalue weighted by Crippen LogP contribution is -2.29. The second kappa shape index (κ2) is 8.66. The monoisotopic (exact) mass is 252 g/mol. The molecule has 0 spiro atoms. The lowest BCUT2D eigenvalue weighted by Gasteiger charge is -2.15. The summed E-state index contributed by atoms with van der Waals surface area (Å²) in [6.45, 7) is 5.77. The molecule has 0 bridgehead atoms. The summed E-state index contributed by atoms with van der Waals surface area (Å²) in [6, 6.07) is 0. The van der Waals surface area contributed by atoms with E-state index >= 15 is 0 Å². The molecule has 0 aliphatic rings. The van der Waals surface area contributed by atoms with Crippen molar-refractivity contribution in [3.8, 4) is 0 Å². The van der Waals surface area contributed by atoms with Crippen LogP contribution in [0, 0.1) is 5.92 Å². The van der Waals surface area contributed by atoms with Gasteiger partial charge in [-0.1, -0.05) is 33.1 Å². The van der Waals surface area contributed by atoms with E-state index in [-0.39, 0.29) is 5.91 Å². The smallest absolute Gasteiger partial charge is 0.221 e. The van der Waals surface area contributed by atoms with E-state index in [1.165, 1.54) is 25.6 Å². The van der Waals surface area contributed by atoms with Gasteiger partial charge in [0.1, 0.15) is 12.7 Å². The largest absolute Gasteiger partial charge is 0.356 e. The highest BCUT2D eigenvalue weighted by Crippen LogP contribution is 2.11. The van der Waals surface area contributed by atoms with Crippen LogP contribution in [0.25, 0.3) is 0 Å². The molecule has 1 heterocycles. The zero-order valence-corrected chi connectivity index (χ0v) is 11.4. The van der Waals surface area contributed by atoms with Gasteiger partial charge in [0.15, 0.2) is 0 Å². The zero-order chi connectivity index (χ0) is 13.2. The number of hydrogen-bond donors (Lipinski definition) is 1. The lowest BCUT2D eigenvalue weighted by atomic mass is 9.99. The predicted octanol–water partition coefficient (Wildman–Crippen LogP) is 2.00. The number of unbranched alkanes of at least 4 members (excludes halogenated alkanes) is 1. The normalized spacial score (nSPS) is 12.3. The molecule has 1 N–H and O–H groups in total. The Morgan fingerprint density at radius 2 is 2.28 bits per heavy atom. The van der Waals surface area contributed by atoms with E-state index in [2.05, 4.69) is 29.2 Å². The SMILES string of the molecule is CCCCC(CC)CNC(=O)CCn1cncn1. The maximum atomic E-state index is 11.7. The zero-order valence-electron chi connectivity index (χ0n) is 11.4. The van der Waals surface area contributed by atoms with Crippen LogP contribution in [-0.2, 0) is 11.3 Å². The summed E-state index contributed by atoms with van der Waals surface area (Å²) < 4.78 is 1.67. The van der Waals surface area contributed by atoms with Gasteiger partial charge in [0.25, 0.3) is 0 Å². The predicted molar refractivity (Wildman–Crippen MR) is 71.0 cm³/mol. The van der Waals surface area contributed by atoms with Gasteiger partial charge in [-0.3, -0.25) is 9.48 Å². The van der Waals surface area contributed by atoms with Crippen LogP contribution in [0.5, 0.6) is 0 Å². The molecule has 102 valence electrons. The summed E-state index contributed by atoms with van der Waals surface area (Å²) in [5.41, 5.74) is 0. The molecule has 0 aliphatic carbocycles. The summed E-state index contributed by atoms with van der Waals surface area (Å²) in [4.78, 5) is 15.5. The maximum absolute atomic E-state index is 11.7. The van der Waals surface area contributed by atoms with Gasteiger partial charge in [0, 0.05) is 13.0 Å². The highest BCUT2D eigenvalue weighted by Gasteiger charge is 2.08. The van der Waals surface area contributed by atoms with Crippen molar-refractivity contribution in [1.82, 2.24) is 20.1 Å². The van der Waals surface area contributed by atoms with E-state index in [4.69, 9.17) is 0 Å². The van der Waals surface area contributed by atoms with E-state index in [1.54, 1.807) is 11.0 Å². The fourth-order valence-electron chi connectivity index (χ4n) is 1.85. The topological polar surface area (TPSA) is 59.8 Å². The highest BCUT2D eigenvalue weighted by atomic mass is 16.1. The average molecular weight is 252 g/mol. The quantitative estimate of drug-likeness (QED) is 0.731. The summed E-state index contributed by atoms with van der Waals surface area (Å²) in [5, 5.41) is 6.97. The van der Waals surface area contributed by atoms with Crippen molar-refractivity contribution < 1.29 is 4.79 Å². The van der Waals surface area contributed by atoms with Crippen molar-refractivity contribution >= 4 is 5.91 Å². The Bertz CT molecular complexity index is 324. The van der Waals surface area contributed by atoms with E-state index in [0.717, 1.165) is 13.0 Å². The summed E-state index contributed by atoms with van der Waals surface area (Å²) in [7, 11) is 0. The molecule has 5 heteroatoms. The van der Waals surface area contributed by atoms with E-state index < -0.39 is 0 Å². The van der Waals surface area contributed by atoms with E-state index in [9.17, 15) is 4.79 Å². The molecule has 0 saturated heterocycles. The molecule has 1 amide bonds. The lowest BCUT2D eigenvalue weighted by molar-refractivity contribution is -0.121. The second-order valence-electron chi connectivity index (χ2n) is 4.63. The van der Waals surface area contributed by atoms with Crippen LogP contribution in [0.1, 0.15) is 46.0 Å². The van der Waals surface area contributed by atoms with Crippen molar-refractivity contribution in [2.24, 2.45) is 5.92 Å². The van der Waals surface area contributed by atoms with E-state index in [1.807, 2.05) is 0 Å². The third kappa shape index (κ3) is 5.80. The van der Waals surface area contributed by atoms with Crippen LogP contribution < -0.4 is 5.32 Å². The molecule has 0 saturated carbocycles. The van der Waals surface area contributed by atoms with Crippen molar-refractivity contribution in [1.29, 1.82) is 0 Å². The van der Waals surface area contributed by atoms with Gasteiger partial charge >= 0.3 is 0 Å². The van der Waals surface area contributed by atoms with E-state index in [0.29, 0.717) is 18.9 Å². The second-order valence-corrected chi connectivity index (χ2v) is 4.63. The number of rotatable bonds is 9. The number of nitrogens with zero attached hydrogens (tertiary/aromatic N) is 3. The van der Waals surface area contributed by atoms with Crippen LogP contribution in [0.2, 0.25) is 0 Å². The van der Waals surface area contributed by atoms with Crippen LogP contribution >= 0.6 is 0 Å². The maximum Gasteiger partial charge on any atom is 0.221 e. The van der Waals surface area contributed by atoms with Crippen LogP contribution in [-0.4, -0.2) is 27.2 Å². The number of aryl methyl sites for hydroxylation is 1. The molecule has 0 fully saturated rings. The molecular formula is C13H24N4O. The van der Waals surface area contributed by atoms with Crippen molar-refractivity contribution in [3.63, 3.8) is 0 Å². The Kier molecular flexibility index (Phi) is 7.06. The first-order valence-corrected chi connectivity index (χ1v) is 6.85. The third-order valence-corrected chi connectivity index (χ3v) is 3.17. The summed E-state index contributed by atoms with van der Waals surface area (Å²) in [6.07, 6.45) is 8.37. The van der Waals surface area contributed by atoms with Crippen LogP contribution in [0.4, 0.5) is 0 Å². The van der Waals surface area contributed by atoms with Gasteiger partial charge in [0.2, 0.25) is 5.91 Å². The Morgan fingerprint density at radius 1 is 1.44 bits per heavy atom. The number of carbonyl (C=O) groups is 1. The van der Waals surface area contributed by atoms with Crippen molar-refractivity contribution in [3.05, 3.63) is 12.7 Å². The first-order chi connectivity index (χ1) is 8.76. The van der Waals surface area contributed by atoms with Gasteiger partial charge in [-0.15, -0.1) is 0 Å². The summed E-state index contributed by atoms with van der Waals surface area (Å²) in [5.74, 6) is 0.709. The first kappa shape index (κ1) is 14.7.